The molecule has 0 bridgehead atoms. The van der Waals surface area contributed by atoms with Crippen molar-refractivity contribution in [1.29, 1.82) is 0 Å². The minimum absolute atomic E-state index is 0.0255. The van der Waals surface area contributed by atoms with Crippen molar-refractivity contribution in [1.82, 2.24) is 4.90 Å². The summed E-state index contributed by atoms with van der Waals surface area (Å²) in [5.41, 5.74) is 0.508. The first kappa shape index (κ1) is 20.2. The monoisotopic (exact) mass is 337 g/mol. The summed E-state index contributed by atoms with van der Waals surface area (Å²) in [6.45, 7) is 20.1. The molecule has 0 spiro atoms. The highest BCUT2D eigenvalue weighted by Gasteiger charge is 2.34. The Morgan fingerprint density at radius 1 is 0.958 bits per heavy atom. The SMILES string of the molecule is CC(CC1CCN(CC2CC(OC(C)(C)C)C2)CC1)CC(C)(C)C. The summed E-state index contributed by atoms with van der Waals surface area (Å²) in [7, 11) is 0. The van der Waals surface area contributed by atoms with Crippen molar-refractivity contribution < 1.29 is 4.74 Å². The predicted molar refractivity (Wildman–Crippen MR) is 104 cm³/mol. The highest BCUT2D eigenvalue weighted by Crippen LogP contribution is 2.35. The molecule has 0 aromatic heterocycles. The van der Waals surface area contributed by atoms with E-state index in [-0.39, 0.29) is 5.60 Å². The average molecular weight is 338 g/mol. The van der Waals surface area contributed by atoms with Gasteiger partial charge in [-0.25, -0.2) is 0 Å². The molecular weight excluding hydrogens is 294 g/mol. The van der Waals surface area contributed by atoms with Gasteiger partial charge in [0.25, 0.3) is 0 Å². The molecule has 2 heteroatoms. The Bertz CT molecular complexity index is 364. The molecule has 24 heavy (non-hydrogen) atoms. The van der Waals surface area contributed by atoms with Crippen LogP contribution < -0.4 is 0 Å². The standard InChI is InChI=1S/C22H43NO/c1-17(15-21(2,3)4)12-18-8-10-23(11-9-18)16-19-13-20(14-19)24-22(5,6)7/h17-20H,8-16H2,1-7H3. The maximum absolute atomic E-state index is 6.08. The number of ether oxygens (including phenoxy) is 1. The van der Waals surface area contributed by atoms with Crippen LogP contribution in [0.5, 0.6) is 0 Å². The molecule has 0 aromatic rings. The summed E-state index contributed by atoms with van der Waals surface area (Å²) < 4.78 is 6.08. The number of piperidine rings is 1. The molecule has 1 atom stereocenters. The molecule has 1 heterocycles. The molecule has 2 aliphatic rings. The average Bonchev–Trinajstić information content (AvgIpc) is 2.34. The van der Waals surface area contributed by atoms with Crippen LogP contribution in [-0.4, -0.2) is 36.2 Å². The summed E-state index contributed by atoms with van der Waals surface area (Å²) in [6, 6.07) is 0. The summed E-state index contributed by atoms with van der Waals surface area (Å²) in [5.74, 6) is 2.73. The first-order chi connectivity index (χ1) is 11.0. The fraction of sp³-hybridized carbons (Fsp3) is 1.00. The van der Waals surface area contributed by atoms with Crippen LogP contribution in [0.3, 0.4) is 0 Å². The zero-order chi connectivity index (χ0) is 18.0. The van der Waals surface area contributed by atoms with Gasteiger partial charge < -0.3 is 9.64 Å². The molecule has 1 saturated heterocycles. The van der Waals surface area contributed by atoms with E-state index < -0.39 is 0 Å². The van der Waals surface area contributed by atoms with E-state index in [1.165, 1.54) is 58.2 Å². The van der Waals surface area contributed by atoms with Gasteiger partial charge in [0.1, 0.15) is 0 Å². The molecule has 2 fully saturated rings. The lowest BCUT2D eigenvalue weighted by molar-refractivity contribution is -0.116. The summed E-state index contributed by atoms with van der Waals surface area (Å²) in [6.07, 6.45) is 8.72. The Morgan fingerprint density at radius 2 is 1.54 bits per heavy atom. The van der Waals surface area contributed by atoms with E-state index in [2.05, 4.69) is 53.4 Å². The van der Waals surface area contributed by atoms with E-state index in [9.17, 15) is 0 Å². The van der Waals surface area contributed by atoms with E-state index in [0.29, 0.717) is 11.5 Å². The van der Waals surface area contributed by atoms with Crippen LogP contribution in [0.4, 0.5) is 0 Å². The molecule has 0 aromatic carbocycles. The number of hydrogen-bond donors (Lipinski definition) is 0. The Morgan fingerprint density at radius 3 is 2.04 bits per heavy atom. The second-order valence-corrected chi connectivity index (χ2v) is 11.0. The van der Waals surface area contributed by atoms with Crippen LogP contribution >= 0.6 is 0 Å². The molecule has 2 rings (SSSR count). The smallest absolute Gasteiger partial charge is 0.0602 e. The molecule has 142 valence electrons. The summed E-state index contributed by atoms with van der Waals surface area (Å²) in [5, 5.41) is 0. The van der Waals surface area contributed by atoms with Gasteiger partial charge >= 0.3 is 0 Å². The third kappa shape index (κ3) is 7.44. The van der Waals surface area contributed by atoms with Crippen molar-refractivity contribution in [2.45, 2.75) is 98.7 Å². The van der Waals surface area contributed by atoms with E-state index in [1.807, 2.05) is 0 Å². The maximum atomic E-state index is 6.08. The van der Waals surface area contributed by atoms with Crippen LogP contribution in [0.1, 0.15) is 87.0 Å². The highest BCUT2D eigenvalue weighted by atomic mass is 16.5. The molecule has 1 aliphatic heterocycles. The van der Waals surface area contributed by atoms with Crippen molar-refractivity contribution in [3.63, 3.8) is 0 Å². The number of rotatable bonds is 6. The Balaban J connectivity index is 1.59. The van der Waals surface area contributed by atoms with Crippen molar-refractivity contribution >= 4 is 0 Å². The van der Waals surface area contributed by atoms with E-state index in [1.54, 1.807) is 0 Å². The predicted octanol–water partition coefficient (Wildman–Crippen LogP) is 5.75. The van der Waals surface area contributed by atoms with E-state index in [4.69, 9.17) is 4.74 Å². The first-order valence-electron chi connectivity index (χ1n) is 10.4. The van der Waals surface area contributed by atoms with E-state index >= 15 is 0 Å². The largest absolute Gasteiger partial charge is 0.373 e. The Kier molecular flexibility index (Phi) is 6.81. The van der Waals surface area contributed by atoms with Crippen LogP contribution in [-0.2, 0) is 4.74 Å². The van der Waals surface area contributed by atoms with Gasteiger partial charge in [-0.3, -0.25) is 0 Å². The molecule has 1 aliphatic carbocycles. The molecule has 0 N–H and O–H groups in total. The first-order valence-corrected chi connectivity index (χ1v) is 10.4. The number of likely N-dealkylation sites (tertiary alicyclic amines) is 1. The van der Waals surface area contributed by atoms with Gasteiger partial charge in [-0.05, 0) is 95.6 Å². The van der Waals surface area contributed by atoms with E-state index in [0.717, 1.165) is 17.8 Å². The minimum atomic E-state index is 0.0255. The number of nitrogens with zero attached hydrogens (tertiary/aromatic N) is 1. The van der Waals surface area contributed by atoms with Gasteiger partial charge in [0, 0.05) is 6.54 Å². The lowest BCUT2D eigenvalue weighted by Gasteiger charge is -2.43. The normalized spacial score (nSPS) is 28.6. The molecule has 2 nitrogen and oxygen atoms in total. The maximum Gasteiger partial charge on any atom is 0.0602 e. The van der Waals surface area contributed by atoms with Gasteiger partial charge in [0.2, 0.25) is 0 Å². The summed E-state index contributed by atoms with van der Waals surface area (Å²) in [4.78, 5) is 2.73. The molecular formula is C22H43NO. The number of hydrogen-bond acceptors (Lipinski definition) is 2. The molecule has 1 saturated carbocycles. The van der Waals surface area contributed by atoms with Crippen molar-refractivity contribution in [2.24, 2.45) is 23.2 Å². The van der Waals surface area contributed by atoms with Crippen LogP contribution in [0.2, 0.25) is 0 Å². The molecule has 1 unspecified atom stereocenters. The van der Waals surface area contributed by atoms with Gasteiger partial charge in [0.15, 0.2) is 0 Å². The van der Waals surface area contributed by atoms with Gasteiger partial charge in [-0.2, -0.15) is 0 Å². The third-order valence-electron chi connectivity index (χ3n) is 5.63. The molecule has 0 amide bonds. The fourth-order valence-corrected chi connectivity index (χ4v) is 4.89. The van der Waals surface area contributed by atoms with Gasteiger partial charge in [-0.1, -0.05) is 27.7 Å². The minimum Gasteiger partial charge on any atom is -0.373 e. The van der Waals surface area contributed by atoms with Crippen LogP contribution in [0, 0.1) is 23.2 Å². The second-order valence-electron chi connectivity index (χ2n) is 11.0. The van der Waals surface area contributed by atoms with Crippen molar-refractivity contribution in [3.8, 4) is 0 Å². The Labute approximate surface area is 151 Å². The van der Waals surface area contributed by atoms with Crippen LogP contribution in [0.15, 0.2) is 0 Å². The van der Waals surface area contributed by atoms with Crippen LogP contribution in [0.25, 0.3) is 0 Å². The summed E-state index contributed by atoms with van der Waals surface area (Å²) >= 11 is 0. The van der Waals surface area contributed by atoms with Crippen molar-refractivity contribution in [2.75, 3.05) is 19.6 Å². The fourth-order valence-electron chi connectivity index (χ4n) is 4.89. The zero-order valence-corrected chi connectivity index (χ0v) is 17.5. The van der Waals surface area contributed by atoms with Gasteiger partial charge in [0.05, 0.1) is 11.7 Å². The quantitative estimate of drug-likeness (QED) is 0.611. The lowest BCUT2D eigenvalue weighted by Crippen LogP contribution is -2.44. The second kappa shape index (κ2) is 8.08. The Hall–Kier alpha value is -0.0800. The molecule has 0 radical (unpaired) electrons. The van der Waals surface area contributed by atoms with Crippen molar-refractivity contribution in [3.05, 3.63) is 0 Å². The zero-order valence-electron chi connectivity index (χ0n) is 17.5. The highest BCUT2D eigenvalue weighted by molar-refractivity contribution is 4.86. The lowest BCUT2D eigenvalue weighted by atomic mass is 9.78. The topological polar surface area (TPSA) is 12.5 Å². The van der Waals surface area contributed by atoms with Gasteiger partial charge in [-0.15, -0.1) is 0 Å². The third-order valence-corrected chi connectivity index (χ3v) is 5.63.